The smallest absolute Gasteiger partial charge is 0.265 e. The summed E-state index contributed by atoms with van der Waals surface area (Å²) in [5.41, 5.74) is 4.61. The summed E-state index contributed by atoms with van der Waals surface area (Å²) in [6.07, 6.45) is 1.58. The summed E-state index contributed by atoms with van der Waals surface area (Å²) >= 11 is 0. The molecule has 1 aliphatic rings. The first-order valence-electron chi connectivity index (χ1n) is 8.06. The van der Waals surface area contributed by atoms with Gasteiger partial charge in [0.1, 0.15) is 5.82 Å². The molecule has 0 bridgehead atoms. The van der Waals surface area contributed by atoms with Crippen LogP contribution < -0.4 is 5.43 Å². The molecule has 6 nitrogen and oxygen atoms in total. The standard InChI is InChI=1S/C18H19FN4O2/c1-13-2-3-15(12-20-13)18(25)22-8-10-23(11-9-22)21-17(24)14-4-6-16(19)7-5-14/h2-7,12H,8-11H2,1H3,(H,21,24). The highest BCUT2D eigenvalue weighted by Crippen LogP contribution is 2.09. The lowest BCUT2D eigenvalue weighted by Crippen LogP contribution is -2.54. The lowest BCUT2D eigenvalue weighted by atomic mass is 10.2. The lowest BCUT2D eigenvalue weighted by Gasteiger charge is -2.34. The molecule has 130 valence electrons. The number of nitrogens with one attached hydrogen (secondary N) is 1. The summed E-state index contributed by atoms with van der Waals surface area (Å²) in [5.74, 6) is -0.728. The van der Waals surface area contributed by atoms with Gasteiger partial charge in [0.15, 0.2) is 0 Å². The van der Waals surface area contributed by atoms with Crippen LogP contribution in [0.15, 0.2) is 42.6 Å². The Bertz CT molecular complexity index is 754. The number of hydrogen-bond acceptors (Lipinski definition) is 4. The number of piperazine rings is 1. The SMILES string of the molecule is Cc1ccc(C(=O)N2CCN(NC(=O)c3ccc(F)cc3)CC2)cn1. The fourth-order valence-electron chi connectivity index (χ4n) is 2.61. The molecule has 2 amide bonds. The van der Waals surface area contributed by atoms with E-state index in [4.69, 9.17) is 0 Å². The van der Waals surface area contributed by atoms with Gasteiger partial charge in [-0.15, -0.1) is 0 Å². The van der Waals surface area contributed by atoms with Crippen molar-refractivity contribution in [1.29, 1.82) is 0 Å². The van der Waals surface area contributed by atoms with Crippen LogP contribution in [-0.4, -0.2) is 52.9 Å². The van der Waals surface area contributed by atoms with Crippen molar-refractivity contribution in [1.82, 2.24) is 20.3 Å². The number of carbonyl (C=O) groups excluding carboxylic acids is 2. The number of benzene rings is 1. The third-order valence-electron chi connectivity index (χ3n) is 4.09. The van der Waals surface area contributed by atoms with Gasteiger partial charge in [-0.25, -0.2) is 9.40 Å². The zero-order valence-electron chi connectivity index (χ0n) is 13.9. The van der Waals surface area contributed by atoms with Crippen molar-refractivity contribution >= 4 is 11.8 Å². The third-order valence-corrected chi connectivity index (χ3v) is 4.09. The summed E-state index contributed by atoms with van der Waals surface area (Å²) in [6, 6.07) is 8.96. The molecule has 1 N–H and O–H groups in total. The van der Waals surface area contributed by atoms with Crippen LogP contribution in [0.1, 0.15) is 26.4 Å². The van der Waals surface area contributed by atoms with Crippen molar-refractivity contribution in [2.45, 2.75) is 6.92 Å². The Morgan fingerprint density at radius 2 is 1.64 bits per heavy atom. The highest BCUT2D eigenvalue weighted by atomic mass is 19.1. The summed E-state index contributed by atoms with van der Waals surface area (Å²) < 4.78 is 12.9. The number of aryl methyl sites for hydroxylation is 1. The van der Waals surface area contributed by atoms with Crippen molar-refractivity contribution in [3.8, 4) is 0 Å². The van der Waals surface area contributed by atoms with Crippen LogP contribution >= 0.6 is 0 Å². The lowest BCUT2D eigenvalue weighted by molar-refractivity contribution is 0.0505. The molecule has 0 saturated carbocycles. The maximum atomic E-state index is 12.9. The number of pyridine rings is 1. The van der Waals surface area contributed by atoms with E-state index in [2.05, 4.69) is 10.4 Å². The van der Waals surface area contributed by atoms with E-state index in [1.807, 2.05) is 13.0 Å². The second kappa shape index (κ2) is 7.40. The molecule has 0 unspecified atom stereocenters. The van der Waals surface area contributed by atoms with Crippen LogP contribution in [0.4, 0.5) is 4.39 Å². The number of carbonyl (C=O) groups is 2. The second-order valence-electron chi connectivity index (χ2n) is 5.92. The molecular weight excluding hydrogens is 323 g/mol. The van der Waals surface area contributed by atoms with Gasteiger partial charge < -0.3 is 4.90 Å². The highest BCUT2D eigenvalue weighted by molar-refractivity contribution is 5.94. The Kier molecular flexibility index (Phi) is 5.04. The fraction of sp³-hybridized carbons (Fsp3) is 0.278. The van der Waals surface area contributed by atoms with E-state index in [1.54, 1.807) is 22.2 Å². The van der Waals surface area contributed by atoms with Gasteiger partial charge in [-0.3, -0.25) is 20.0 Å². The average molecular weight is 342 g/mol. The minimum Gasteiger partial charge on any atom is -0.336 e. The first-order chi connectivity index (χ1) is 12.0. The Morgan fingerprint density at radius 3 is 2.24 bits per heavy atom. The number of hydrogen-bond donors (Lipinski definition) is 1. The topological polar surface area (TPSA) is 65.5 Å². The molecule has 3 rings (SSSR count). The van der Waals surface area contributed by atoms with Gasteiger partial charge in [-0.05, 0) is 43.3 Å². The molecule has 0 atom stereocenters. The van der Waals surface area contributed by atoms with Crippen LogP contribution in [0.3, 0.4) is 0 Å². The molecule has 2 heterocycles. The number of amides is 2. The number of rotatable bonds is 3. The van der Waals surface area contributed by atoms with Crippen LogP contribution in [0.5, 0.6) is 0 Å². The Morgan fingerprint density at radius 1 is 1.00 bits per heavy atom. The van der Waals surface area contributed by atoms with Crippen LogP contribution in [-0.2, 0) is 0 Å². The van der Waals surface area contributed by atoms with Crippen LogP contribution in [0, 0.1) is 12.7 Å². The van der Waals surface area contributed by atoms with Crippen molar-refractivity contribution < 1.29 is 14.0 Å². The molecule has 1 fully saturated rings. The molecule has 1 aliphatic heterocycles. The van der Waals surface area contributed by atoms with E-state index in [0.29, 0.717) is 37.3 Å². The highest BCUT2D eigenvalue weighted by Gasteiger charge is 2.23. The predicted molar refractivity (Wildman–Crippen MR) is 90.3 cm³/mol. The summed E-state index contributed by atoms with van der Waals surface area (Å²) in [7, 11) is 0. The minimum absolute atomic E-state index is 0.0583. The first kappa shape index (κ1) is 17.0. The van der Waals surface area contributed by atoms with Crippen molar-refractivity contribution in [2.24, 2.45) is 0 Å². The zero-order valence-corrected chi connectivity index (χ0v) is 13.9. The van der Waals surface area contributed by atoms with E-state index < -0.39 is 0 Å². The monoisotopic (exact) mass is 342 g/mol. The first-order valence-corrected chi connectivity index (χ1v) is 8.06. The number of hydrazine groups is 1. The summed E-state index contributed by atoms with van der Waals surface area (Å²) in [6.45, 7) is 3.94. The van der Waals surface area contributed by atoms with E-state index in [0.717, 1.165) is 5.69 Å². The largest absolute Gasteiger partial charge is 0.336 e. The van der Waals surface area contributed by atoms with Gasteiger partial charge in [0.25, 0.3) is 11.8 Å². The molecule has 1 aromatic carbocycles. The van der Waals surface area contributed by atoms with E-state index in [-0.39, 0.29) is 17.6 Å². The van der Waals surface area contributed by atoms with Gasteiger partial charge in [0.2, 0.25) is 0 Å². The maximum Gasteiger partial charge on any atom is 0.265 e. The molecule has 0 spiro atoms. The van der Waals surface area contributed by atoms with Gasteiger partial charge in [-0.1, -0.05) is 0 Å². The minimum atomic E-state index is -0.380. The predicted octanol–water partition coefficient (Wildman–Crippen LogP) is 1.63. The maximum absolute atomic E-state index is 12.9. The quantitative estimate of drug-likeness (QED) is 0.921. The van der Waals surface area contributed by atoms with Crippen LogP contribution in [0.2, 0.25) is 0 Å². The van der Waals surface area contributed by atoms with Gasteiger partial charge in [0.05, 0.1) is 5.56 Å². The fourth-order valence-corrected chi connectivity index (χ4v) is 2.61. The van der Waals surface area contributed by atoms with Gasteiger partial charge in [-0.2, -0.15) is 0 Å². The average Bonchev–Trinajstić information content (AvgIpc) is 2.63. The molecule has 7 heteroatoms. The molecule has 2 aromatic rings. The molecule has 1 saturated heterocycles. The number of aromatic nitrogens is 1. The van der Waals surface area contributed by atoms with E-state index in [1.165, 1.54) is 24.3 Å². The molecule has 0 radical (unpaired) electrons. The Balaban J connectivity index is 1.53. The van der Waals surface area contributed by atoms with Gasteiger partial charge >= 0.3 is 0 Å². The molecule has 25 heavy (non-hydrogen) atoms. The zero-order chi connectivity index (χ0) is 17.8. The van der Waals surface area contributed by atoms with Crippen LogP contribution in [0.25, 0.3) is 0 Å². The molecular formula is C18H19FN4O2. The normalized spacial score (nSPS) is 15.0. The molecule has 0 aliphatic carbocycles. The molecule has 1 aromatic heterocycles. The summed E-state index contributed by atoms with van der Waals surface area (Å²) in [5, 5.41) is 1.77. The van der Waals surface area contributed by atoms with E-state index >= 15 is 0 Å². The van der Waals surface area contributed by atoms with Gasteiger partial charge in [0, 0.05) is 43.6 Å². The van der Waals surface area contributed by atoms with Crippen molar-refractivity contribution in [3.63, 3.8) is 0 Å². The summed E-state index contributed by atoms with van der Waals surface area (Å²) in [4.78, 5) is 30.5. The Hall–Kier alpha value is -2.80. The Labute approximate surface area is 145 Å². The van der Waals surface area contributed by atoms with Crippen molar-refractivity contribution in [2.75, 3.05) is 26.2 Å². The second-order valence-corrected chi connectivity index (χ2v) is 5.92. The third kappa shape index (κ3) is 4.19. The van der Waals surface area contributed by atoms with E-state index in [9.17, 15) is 14.0 Å². The number of halogens is 1. The number of nitrogens with zero attached hydrogens (tertiary/aromatic N) is 3. The van der Waals surface area contributed by atoms with Crippen molar-refractivity contribution in [3.05, 3.63) is 65.2 Å².